The first kappa shape index (κ1) is 16.3. The molecule has 2 rings (SSSR count). The molecule has 21 heavy (non-hydrogen) atoms. The number of carbonyl (C=O) groups excluding carboxylic acids is 1. The molecule has 0 radical (unpaired) electrons. The Hall–Kier alpha value is -1.06. The molecule has 0 saturated heterocycles. The number of benzene rings is 1. The van der Waals surface area contributed by atoms with E-state index in [9.17, 15) is 4.79 Å². The fourth-order valence-electron chi connectivity index (χ4n) is 2.98. The normalized spacial score (nSPS) is 18.1. The number of hydrogen-bond donors (Lipinski definition) is 2. The van der Waals surface area contributed by atoms with E-state index in [2.05, 4.69) is 31.3 Å². The van der Waals surface area contributed by atoms with E-state index in [0.29, 0.717) is 12.5 Å². The van der Waals surface area contributed by atoms with Crippen LogP contribution in [0.4, 0.5) is 0 Å². The van der Waals surface area contributed by atoms with Gasteiger partial charge in [0.05, 0.1) is 6.04 Å². The predicted octanol–water partition coefficient (Wildman–Crippen LogP) is 3.25. The molecule has 0 aromatic heterocycles. The predicted molar refractivity (Wildman–Crippen MR) is 87.4 cm³/mol. The molecule has 1 aliphatic carbocycles. The van der Waals surface area contributed by atoms with Crippen molar-refractivity contribution < 1.29 is 4.79 Å². The van der Waals surface area contributed by atoms with Gasteiger partial charge in [0, 0.05) is 17.0 Å². The SMILES string of the molecule is CC(C)C[C@H](N)C(=O)NCC1(c2ccc(Cl)cc2)CCC1. The summed E-state index contributed by atoms with van der Waals surface area (Å²) in [6, 6.07) is 7.57. The van der Waals surface area contributed by atoms with Crippen molar-refractivity contribution in [3.05, 3.63) is 34.9 Å². The van der Waals surface area contributed by atoms with Crippen LogP contribution in [0.3, 0.4) is 0 Å². The Labute approximate surface area is 132 Å². The third-order valence-corrected chi connectivity index (χ3v) is 4.68. The third-order valence-electron chi connectivity index (χ3n) is 4.43. The van der Waals surface area contributed by atoms with Gasteiger partial charge in [-0.2, -0.15) is 0 Å². The molecular weight excluding hydrogens is 284 g/mol. The number of hydrogen-bond acceptors (Lipinski definition) is 2. The lowest BCUT2D eigenvalue weighted by Crippen LogP contribution is -2.49. The van der Waals surface area contributed by atoms with Crippen LogP contribution in [0.5, 0.6) is 0 Å². The quantitative estimate of drug-likeness (QED) is 0.847. The summed E-state index contributed by atoms with van der Waals surface area (Å²) in [7, 11) is 0. The Bertz CT molecular complexity index is 480. The zero-order chi connectivity index (χ0) is 15.5. The molecule has 1 aromatic carbocycles. The molecule has 0 aliphatic heterocycles. The second-order valence-corrected chi connectivity index (χ2v) is 7.03. The molecule has 1 aliphatic rings. The van der Waals surface area contributed by atoms with E-state index < -0.39 is 6.04 Å². The molecule has 4 heteroatoms. The highest BCUT2D eigenvalue weighted by atomic mass is 35.5. The van der Waals surface area contributed by atoms with Crippen molar-refractivity contribution in [3.63, 3.8) is 0 Å². The summed E-state index contributed by atoms with van der Waals surface area (Å²) in [6.45, 7) is 4.82. The second-order valence-electron chi connectivity index (χ2n) is 6.59. The average molecular weight is 309 g/mol. The van der Waals surface area contributed by atoms with Crippen LogP contribution in [0.25, 0.3) is 0 Å². The van der Waals surface area contributed by atoms with E-state index in [0.717, 1.165) is 24.3 Å². The Morgan fingerprint density at radius 1 is 1.33 bits per heavy atom. The molecule has 1 fully saturated rings. The fourth-order valence-corrected chi connectivity index (χ4v) is 3.10. The minimum absolute atomic E-state index is 0.0380. The van der Waals surface area contributed by atoms with Crippen molar-refractivity contribution in [2.45, 2.75) is 51.0 Å². The molecule has 0 bridgehead atoms. The number of carbonyl (C=O) groups is 1. The third kappa shape index (κ3) is 3.98. The van der Waals surface area contributed by atoms with Gasteiger partial charge < -0.3 is 11.1 Å². The van der Waals surface area contributed by atoms with Crippen LogP contribution in [-0.2, 0) is 10.2 Å². The topological polar surface area (TPSA) is 55.1 Å². The minimum atomic E-state index is -0.410. The van der Waals surface area contributed by atoms with Crippen molar-refractivity contribution in [1.29, 1.82) is 0 Å². The smallest absolute Gasteiger partial charge is 0.236 e. The first-order valence-corrected chi connectivity index (χ1v) is 8.10. The summed E-state index contributed by atoms with van der Waals surface area (Å²) in [6.07, 6.45) is 4.14. The molecule has 0 unspecified atom stereocenters. The number of halogens is 1. The molecule has 116 valence electrons. The first-order valence-electron chi connectivity index (χ1n) is 7.72. The van der Waals surface area contributed by atoms with E-state index in [4.69, 9.17) is 17.3 Å². The molecule has 3 nitrogen and oxygen atoms in total. The van der Waals surface area contributed by atoms with Crippen molar-refractivity contribution in [1.82, 2.24) is 5.32 Å². The van der Waals surface area contributed by atoms with Gasteiger partial charge in [0.15, 0.2) is 0 Å². The van der Waals surface area contributed by atoms with Crippen molar-refractivity contribution >= 4 is 17.5 Å². The van der Waals surface area contributed by atoms with Gasteiger partial charge >= 0.3 is 0 Å². The van der Waals surface area contributed by atoms with Gasteiger partial charge in [-0.25, -0.2) is 0 Å². The molecule has 1 aromatic rings. The number of rotatable bonds is 6. The highest BCUT2D eigenvalue weighted by Gasteiger charge is 2.39. The van der Waals surface area contributed by atoms with Crippen LogP contribution in [0.15, 0.2) is 24.3 Å². The summed E-state index contributed by atoms with van der Waals surface area (Å²) in [5.74, 6) is 0.392. The number of nitrogens with two attached hydrogens (primary N) is 1. The van der Waals surface area contributed by atoms with Crippen LogP contribution in [0.1, 0.15) is 45.1 Å². The summed E-state index contributed by atoms with van der Waals surface area (Å²) in [5, 5.41) is 3.79. The lowest BCUT2D eigenvalue weighted by Gasteiger charge is -2.43. The molecule has 1 atom stereocenters. The van der Waals surface area contributed by atoms with Gasteiger partial charge in [-0.3, -0.25) is 4.79 Å². The average Bonchev–Trinajstić information content (AvgIpc) is 2.38. The fraction of sp³-hybridized carbons (Fsp3) is 0.588. The standard InChI is InChI=1S/C17H25ClN2O/c1-12(2)10-15(19)16(21)20-11-17(8-3-9-17)13-4-6-14(18)7-5-13/h4-7,12,15H,3,8-11,19H2,1-2H3,(H,20,21)/t15-/m0/s1. The molecule has 0 heterocycles. The minimum Gasteiger partial charge on any atom is -0.354 e. The van der Waals surface area contributed by atoms with Gasteiger partial charge in [-0.05, 0) is 42.9 Å². The Kier molecular flexibility index (Phi) is 5.28. The molecule has 3 N–H and O–H groups in total. The Morgan fingerprint density at radius 2 is 1.95 bits per heavy atom. The van der Waals surface area contributed by atoms with Gasteiger partial charge in [0.1, 0.15) is 0 Å². The lowest BCUT2D eigenvalue weighted by atomic mass is 9.64. The van der Waals surface area contributed by atoms with Crippen LogP contribution in [0, 0.1) is 5.92 Å². The van der Waals surface area contributed by atoms with Crippen molar-refractivity contribution in [2.24, 2.45) is 11.7 Å². The summed E-state index contributed by atoms with van der Waals surface area (Å²) in [5.41, 5.74) is 7.26. The Morgan fingerprint density at radius 3 is 2.43 bits per heavy atom. The van der Waals surface area contributed by atoms with Crippen LogP contribution in [0.2, 0.25) is 5.02 Å². The molecule has 1 saturated carbocycles. The highest BCUT2D eigenvalue weighted by Crippen LogP contribution is 2.43. The maximum absolute atomic E-state index is 12.1. The molecule has 1 amide bonds. The summed E-state index contributed by atoms with van der Waals surface area (Å²) in [4.78, 5) is 12.1. The van der Waals surface area contributed by atoms with Gasteiger partial charge in [-0.1, -0.05) is 44.0 Å². The first-order chi connectivity index (χ1) is 9.93. The van der Waals surface area contributed by atoms with E-state index in [1.165, 1.54) is 12.0 Å². The van der Waals surface area contributed by atoms with Gasteiger partial charge in [0.2, 0.25) is 5.91 Å². The van der Waals surface area contributed by atoms with Crippen LogP contribution >= 0.6 is 11.6 Å². The van der Waals surface area contributed by atoms with Gasteiger partial charge in [-0.15, -0.1) is 0 Å². The van der Waals surface area contributed by atoms with E-state index in [-0.39, 0.29) is 11.3 Å². The largest absolute Gasteiger partial charge is 0.354 e. The summed E-state index contributed by atoms with van der Waals surface area (Å²) >= 11 is 5.95. The van der Waals surface area contributed by atoms with Crippen molar-refractivity contribution in [2.75, 3.05) is 6.54 Å². The van der Waals surface area contributed by atoms with E-state index in [1.54, 1.807) is 0 Å². The zero-order valence-electron chi connectivity index (χ0n) is 12.9. The maximum Gasteiger partial charge on any atom is 0.236 e. The highest BCUT2D eigenvalue weighted by molar-refractivity contribution is 6.30. The van der Waals surface area contributed by atoms with Crippen molar-refractivity contribution in [3.8, 4) is 0 Å². The molecule has 0 spiro atoms. The number of nitrogens with one attached hydrogen (secondary N) is 1. The zero-order valence-corrected chi connectivity index (χ0v) is 13.6. The van der Waals surface area contributed by atoms with E-state index in [1.807, 2.05) is 12.1 Å². The van der Waals surface area contributed by atoms with Crippen LogP contribution < -0.4 is 11.1 Å². The van der Waals surface area contributed by atoms with Gasteiger partial charge in [0.25, 0.3) is 0 Å². The maximum atomic E-state index is 12.1. The van der Waals surface area contributed by atoms with Crippen LogP contribution in [-0.4, -0.2) is 18.5 Å². The monoisotopic (exact) mass is 308 g/mol. The summed E-state index contributed by atoms with van der Waals surface area (Å²) < 4.78 is 0. The lowest BCUT2D eigenvalue weighted by molar-refractivity contribution is -0.123. The van der Waals surface area contributed by atoms with E-state index >= 15 is 0 Å². The Balaban J connectivity index is 1.96. The second kappa shape index (κ2) is 6.80. The number of amides is 1. The molecular formula is C17H25ClN2O.